The second-order valence-corrected chi connectivity index (χ2v) is 9.31. The number of aliphatic hydroxyl groups excluding tert-OH is 1. The molecule has 2 aromatic carbocycles. The molecule has 1 aliphatic heterocycles. The molecule has 1 fully saturated rings. The van der Waals surface area contributed by atoms with Gasteiger partial charge in [0.15, 0.2) is 5.37 Å². The van der Waals surface area contributed by atoms with Crippen LogP contribution < -0.4 is 20.1 Å². The predicted octanol–water partition coefficient (Wildman–Crippen LogP) is 3.55. The number of amides is 3. The lowest BCUT2D eigenvalue weighted by molar-refractivity contribution is -0.118. The molecular weight excluding hydrogens is 486 g/mol. The Morgan fingerprint density at radius 2 is 1.78 bits per heavy atom. The molecule has 0 aromatic heterocycles. The summed E-state index contributed by atoms with van der Waals surface area (Å²) in [5, 5.41) is 24.0. The van der Waals surface area contributed by atoms with Gasteiger partial charge in [0.25, 0.3) is 11.1 Å². The zero-order chi connectivity index (χ0) is 25.9. The van der Waals surface area contributed by atoms with Gasteiger partial charge in [0.05, 0.1) is 13.2 Å². The molecule has 1 saturated heterocycles. The highest BCUT2D eigenvalue weighted by atomic mass is 32.2. The number of aliphatic hydroxyl groups is 1. The van der Waals surface area contributed by atoms with Crippen LogP contribution >= 0.6 is 11.8 Å². The summed E-state index contributed by atoms with van der Waals surface area (Å²) in [5.74, 6) is 0.919. The highest BCUT2D eigenvalue weighted by molar-refractivity contribution is 8.15. The average Bonchev–Trinajstić information content (AvgIpc) is 3.18. The first kappa shape index (κ1) is 27.2. The summed E-state index contributed by atoms with van der Waals surface area (Å²) in [4.78, 5) is 35.7. The highest BCUT2D eigenvalue weighted by Crippen LogP contribution is 2.22. The maximum atomic E-state index is 11.7. The summed E-state index contributed by atoms with van der Waals surface area (Å²) in [6, 6.07) is 14.2. The van der Waals surface area contributed by atoms with Crippen molar-refractivity contribution in [1.29, 1.82) is 0 Å². The molecule has 11 heteroatoms. The third-order valence-electron chi connectivity index (χ3n) is 5.34. The van der Waals surface area contributed by atoms with Crippen molar-refractivity contribution in [2.45, 2.75) is 37.7 Å². The molecule has 0 spiro atoms. The minimum atomic E-state index is -1.13. The summed E-state index contributed by atoms with van der Waals surface area (Å²) in [6.07, 6.45) is 0.356. The lowest BCUT2D eigenvalue weighted by atomic mass is 10.1. The fourth-order valence-electron chi connectivity index (χ4n) is 3.37. The molecule has 3 rings (SSSR count). The fraction of sp³-hybridized carbons (Fsp3) is 0.400. The number of benzene rings is 2. The topological polar surface area (TPSA) is 137 Å². The molecule has 0 saturated carbocycles. The number of carbonyl (C=O) groups excluding carboxylic acids is 2. The van der Waals surface area contributed by atoms with Crippen molar-refractivity contribution in [2.75, 3.05) is 31.6 Å². The van der Waals surface area contributed by atoms with Crippen LogP contribution in [0.1, 0.15) is 25.3 Å². The van der Waals surface area contributed by atoms with Gasteiger partial charge in [-0.3, -0.25) is 14.9 Å². The van der Waals surface area contributed by atoms with Crippen LogP contribution in [0.25, 0.3) is 0 Å². The Hall–Kier alpha value is -3.44. The zero-order valence-electron chi connectivity index (χ0n) is 20.0. The number of imide groups is 1. The molecule has 1 heterocycles. The quantitative estimate of drug-likeness (QED) is 0.277. The predicted molar refractivity (Wildman–Crippen MR) is 137 cm³/mol. The molecule has 1 aliphatic rings. The highest BCUT2D eigenvalue weighted by Gasteiger charge is 2.31. The second-order valence-electron chi connectivity index (χ2n) is 8.23. The van der Waals surface area contributed by atoms with E-state index in [9.17, 15) is 24.6 Å². The number of anilines is 1. The van der Waals surface area contributed by atoms with Crippen molar-refractivity contribution in [1.82, 2.24) is 10.2 Å². The van der Waals surface area contributed by atoms with Crippen LogP contribution in [0.3, 0.4) is 0 Å². The average molecular weight is 518 g/mol. The monoisotopic (exact) mass is 517 g/mol. The van der Waals surface area contributed by atoms with Crippen LogP contribution in [-0.4, -0.2) is 70.1 Å². The standard InChI is InChI=1S/C25H31N3O7S/c1-2-3-14-34-20-8-10-21(11-9-20)35-16-19(29)15-28(25(32)33)13-12-17-4-6-18(7-5-17)26-23-22(30)27-24(31)36-23/h4-11,19,23,26,29H,2-3,12-16H2,1H3,(H,32,33)(H,27,30,31)/t19-,23?/m0/s1. The van der Waals surface area contributed by atoms with Gasteiger partial charge in [-0.15, -0.1) is 0 Å². The zero-order valence-corrected chi connectivity index (χ0v) is 20.8. The number of rotatable bonds is 14. The Morgan fingerprint density at radius 3 is 2.36 bits per heavy atom. The van der Waals surface area contributed by atoms with E-state index in [2.05, 4.69) is 17.6 Å². The van der Waals surface area contributed by atoms with Crippen LogP contribution in [0, 0.1) is 0 Å². The number of carboxylic acid groups (broad SMARTS) is 1. The molecule has 194 valence electrons. The third-order valence-corrected chi connectivity index (χ3v) is 6.23. The van der Waals surface area contributed by atoms with Crippen LogP contribution in [0.2, 0.25) is 0 Å². The number of nitrogens with one attached hydrogen (secondary N) is 2. The van der Waals surface area contributed by atoms with Crippen molar-refractivity contribution < 1.29 is 34.1 Å². The molecule has 4 N–H and O–H groups in total. The van der Waals surface area contributed by atoms with Gasteiger partial charge in [0, 0.05) is 12.2 Å². The summed E-state index contributed by atoms with van der Waals surface area (Å²) in [6.45, 7) is 2.81. The van der Waals surface area contributed by atoms with Crippen molar-refractivity contribution in [3.05, 3.63) is 54.1 Å². The number of nitrogens with zero attached hydrogens (tertiary/aromatic N) is 1. The smallest absolute Gasteiger partial charge is 0.407 e. The van der Waals surface area contributed by atoms with E-state index in [1.54, 1.807) is 36.4 Å². The Kier molecular flexibility index (Phi) is 10.3. The van der Waals surface area contributed by atoms with Gasteiger partial charge in [-0.2, -0.15) is 0 Å². The molecule has 36 heavy (non-hydrogen) atoms. The maximum Gasteiger partial charge on any atom is 0.407 e. The van der Waals surface area contributed by atoms with Gasteiger partial charge in [-0.05, 0) is 66.6 Å². The van der Waals surface area contributed by atoms with Crippen LogP contribution in [0.15, 0.2) is 48.5 Å². The van der Waals surface area contributed by atoms with E-state index < -0.39 is 17.6 Å². The first-order valence-electron chi connectivity index (χ1n) is 11.7. The van der Waals surface area contributed by atoms with Crippen LogP contribution in [-0.2, 0) is 11.2 Å². The minimum absolute atomic E-state index is 0.0462. The van der Waals surface area contributed by atoms with E-state index in [1.807, 2.05) is 12.1 Å². The first-order chi connectivity index (χ1) is 17.3. The Labute approximate surface area is 214 Å². The second kappa shape index (κ2) is 13.6. The van der Waals surface area contributed by atoms with Gasteiger partial charge < -0.3 is 29.9 Å². The van der Waals surface area contributed by atoms with Gasteiger partial charge in [-0.1, -0.05) is 25.5 Å². The lowest BCUT2D eigenvalue weighted by Gasteiger charge is -2.22. The van der Waals surface area contributed by atoms with Crippen LogP contribution in [0.5, 0.6) is 11.5 Å². The minimum Gasteiger partial charge on any atom is -0.494 e. The molecular formula is C25H31N3O7S. The van der Waals surface area contributed by atoms with Crippen molar-refractivity contribution in [2.24, 2.45) is 0 Å². The van der Waals surface area contributed by atoms with Gasteiger partial charge >= 0.3 is 6.09 Å². The third kappa shape index (κ3) is 8.65. The first-order valence-corrected chi connectivity index (χ1v) is 12.6. The van der Waals surface area contributed by atoms with E-state index in [0.717, 1.165) is 40.8 Å². The molecule has 0 aliphatic carbocycles. The summed E-state index contributed by atoms with van der Waals surface area (Å²) >= 11 is 0.880. The number of ether oxygens (including phenoxy) is 2. The Balaban J connectivity index is 1.42. The van der Waals surface area contributed by atoms with Gasteiger partial charge in [0.2, 0.25) is 0 Å². The molecule has 10 nitrogen and oxygen atoms in total. The molecule has 3 amide bonds. The summed E-state index contributed by atoms with van der Waals surface area (Å²) < 4.78 is 11.2. The Morgan fingerprint density at radius 1 is 1.11 bits per heavy atom. The van der Waals surface area contributed by atoms with Gasteiger partial charge in [0.1, 0.15) is 24.2 Å². The van der Waals surface area contributed by atoms with Crippen molar-refractivity contribution in [3.63, 3.8) is 0 Å². The Bertz CT molecular complexity index is 1020. The normalized spacial score (nSPS) is 15.8. The molecule has 2 aromatic rings. The van der Waals surface area contributed by atoms with Crippen molar-refractivity contribution >= 4 is 34.7 Å². The maximum absolute atomic E-state index is 11.7. The number of hydrogen-bond acceptors (Lipinski definition) is 8. The molecule has 0 radical (unpaired) electrons. The summed E-state index contributed by atoms with van der Waals surface area (Å²) in [5.41, 5.74) is 1.56. The van der Waals surface area contributed by atoms with E-state index >= 15 is 0 Å². The number of thioether (sulfide) groups is 1. The number of unbranched alkanes of at least 4 members (excludes halogenated alkanes) is 1. The molecule has 0 bridgehead atoms. The number of carbonyl (C=O) groups is 3. The molecule has 1 unspecified atom stereocenters. The van der Waals surface area contributed by atoms with E-state index in [-0.39, 0.29) is 30.8 Å². The molecule has 2 atom stereocenters. The van der Waals surface area contributed by atoms with E-state index in [1.165, 1.54) is 0 Å². The number of hydrogen-bond donors (Lipinski definition) is 4. The van der Waals surface area contributed by atoms with Crippen LogP contribution in [0.4, 0.5) is 15.3 Å². The summed E-state index contributed by atoms with van der Waals surface area (Å²) in [7, 11) is 0. The van der Waals surface area contributed by atoms with Gasteiger partial charge in [-0.25, -0.2) is 4.79 Å². The lowest BCUT2D eigenvalue weighted by Crippen LogP contribution is -2.40. The van der Waals surface area contributed by atoms with E-state index in [0.29, 0.717) is 24.5 Å². The van der Waals surface area contributed by atoms with Crippen molar-refractivity contribution in [3.8, 4) is 11.5 Å². The fourth-order valence-corrected chi connectivity index (χ4v) is 4.10. The SMILES string of the molecule is CCCCOc1ccc(OC[C@@H](O)CN(CCc2ccc(NC3SC(=O)NC3=O)cc2)C(=O)O)cc1. The largest absolute Gasteiger partial charge is 0.494 e. The van der Waals surface area contributed by atoms with E-state index in [4.69, 9.17) is 9.47 Å².